The molecule has 104 valence electrons. The zero-order chi connectivity index (χ0) is 13.3. The third kappa shape index (κ3) is 5.17. The third-order valence-electron chi connectivity index (χ3n) is 3.85. The number of rotatable bonds is 7. The van der Waals surface area contributed by atoms with Gasteiger partial charge in [-0.2, -0.15) is 0 Å². The molecule has 19 heavy (non-hydrogen) atoms. The van der Waals surface area contributed by atoms with E-state index in [0.717, 1.165) is 32.2 Å². The maximum Gasteiger partial charge on any atom is 0.0591 e. The van der Waals surface area contributed by atoms with Crippen LogP contribution in [-0.2, 0) is 11.3 Å². The Balaban J connectivity index is 1.52. The van der Waals surface area contributed by atoms with Gasteiger partial charge in [-0.25, -0.2) is 0 Å². The summed E-state index contributed by atoms with van der Waals surface area (Å²) in [7, 11) is 0. The highest BCUT2D eigenvalue weighted by atomic mass is 16.5. The van der Waals surface area contributed by atoms with E-state index < -0.39 is 0 Å². The van der Waals surface area contributed by atoms with E-state index in [-0.39, 0.29) is 0 Å². The SMILES string of the molecule is CC1CC=CCC1COCCNCc1ccccc1. The van der Waals surface area contributed by atoms with Crippen molar-refractivity contribution in [3.05, 3.63) is 48.0 Å². The predicted molar refractivity (Wildman–Crippen MR) is 80.0 cm³/mol. The summed E-state index contributed by atoms with van der Waals surface area (Å²) < 4.78 is 5.79. The lowest BCUT2D eigenvalue weighted by molar-refractivity contribution is 0.0807. The fraction of sp³-hybridized carbons (Fsp3) is 0.529. The largest absolute Gasteiger partial charge is 0.380 e. The molecule has 2 nitrogen and oxygen atoms in total. The number of ether oxygens (including phenoxy) is 1. The van der Waals surface area contributed by atoms with E-state index in [4.69, 9.17) is 4.74 Å². The van der Waals surface area contributed by atoms with Crippen molar-refractivity contribution in [2.24, 2.45) is 11.8 Å². The molecule has 0 spiro atoms. The second-order valence-corrected chi connectivity index (χ2v) is 5.42. The number of allylic oxidation sites excluding steroid dienone is 2. The maximum atomic E-state index is 5.79. The normalized spacial score (nSPS) is 22.6. The quantitative estimate of drug-likeness (QED) is 0.598. The molecule has 1 N–H and O–H groups in total. The molecule has 0 amide bonds. The van der Waals surface area contributed by atoms with Crippen LogP contribution in [0.5, 0.6) is 0 Å². The molecule has 1 aliphatic carbocycles. The Labute approximate surface area is 116 Å². The van der Waals surface area contributed by atoms with Crippen LogP contribution >= 0.6 is 0 Å². The standard InChI is InChI=1S/C17H25NO/c1-15-7-5-6-10-17(15)14-19-12-11-18-13-16-8-3-2-4-9-16/h2-6,8-9,15,17-18H,7,10-14H2,1H3. The van der Waals surface area contributed by atoms with Crippen molar-refractivity contribution in [1.29, 1.82) is 0 Å². The van der Waals surface area contributed by atoms with E-state index in [2.05, 4.69) is 48.7 Å². The fourth-order valence-electron chi connectivity index (χ4n) is 2.45. The molecule has 0 heterocycles. The Morgan fingerprint density at radius 2 is 1.95 bits per heavy atom. The summed E-state index contributed by atoms with van der Waals surface area (Å²) in [4.78, 5) is 0. The third-order valence-corrected chi connectivity index (χ3v) is 3.85. The Hall–Kier alpha value is -1.12. The van der Waals surface area contributed by atoms with Gasteiger partial charge in [0.15, 0.2) is 0 Å². The molecular weight excluding hydrogens is 234 g/mol. The first-order valence-electron chi connectivity index (χ1n) is 7.33. The first-order valence-corrected chi connectivity index (χ1v) is 7.33. The van der Waals surface area contributed by atoms with E-state index >= 15 is 0 Å². The Morgan fingerprint density at radius 3 is 2.74 bits per heavy atom. The molecule has 1 aromatic carbocycles. The summed E-state index contributed by atoms with van der Waals surface area (Å²) in [6.45, 7) is 5.88. The van der Waals surface area contributed by atoms with Crippen molar-refractivity contribution in [3.63, 3.8) is 0 Å². The molecule has 2 heteroatoms. The Kier molecular flexibility index (Phi) is 6.12. The second kappa shape index (κ2) is 8.13. The summed E-state index contributed by atoms with van der Waals surface area (Å²) >= 11 is 0. The van der Waals surface area contributed by atoms with Crippen LogP contribution in [0.15, 0.2) is 42.5 Å². The molecular formula is C17H25NO. The molecule has 2 unspecified atom stereocenters. The lowest BCUT2D eigenvalue weighted by Gasteiger charge is -2.24. The molecule has 2 atom stereocenters. The molecule has 0 aliphatic heterocycles. The van der Waals surface area contributed by atoms with Gasteiger partial charge in [0, 0.05) is 13.1 Å². The minimum absolute atomic E-state index is 0.708. The Bertz CT molecular complexity index is 374. The Morgan fingerprint density at radius 1 is 1.16 bits per heavy atom. The number of benzene rings is 1. The molecule has 0 fully saturated rings. The first kappa shape index (κ1) is 14.3. The van der Waals surface area contributed by atoms with Crippen molar-refractivity contribution < 1.29 is 4.74 Å². The highest BCUT2D eigenvalue weighted by molar-refractivity contribution is 5.14. The summed E-state index contributed by atoms with van der Waals surface area (Å²) in [6, 6.07) is 10.5. The second-order valence-electron chi connectivity index (χ2n) is 5.42. The van der Waals surface area contributed by atoms with Gasteiger partial charge >= 0.3 is 0 Å². The number of hydrogen-bond acceptors (Lipinski definition) is 2. The molecule has 0 saturated carbocycles. The van der Waals surface area contributed by atoms with E-state index in [1.165, 1.54) is 18.4 Å². The van der Waals surface area contributed by atoms with E-state index in [9.17, 15) is 0 Å². The van der Waals surface area contributed by atoms with Gasteiger partial charge in [0.25, 0.3) is 0 Å². The van der Waals surface area contributed by atoms with Gasteiger partial charge in [0.05, 0.1) is 13.2 Å². The van der Waals surface area contributed by atoms with Gasteiger partial charge < -0.3 is 10.1 Å². The molecule has 0 bridgehead atoms. The van der Waals surface area contributed by atoms with Crippen molar-refractivity contribution in [1.82, 2.24) is 5.32 Å². The average Bonchev–Trinajstić information content (AvgIpc) is 2.45. The maximum absolute atomic E-state index is 5.79. The molecule has 1 aliphatic rings. The summed E-state index contributed by atoms with van der Waals surface area (Å²) in [5, 5.41) is 3.41. The minimum atomic E-state index is 0.708. The topological polar surface area (TPSA) is 21.3 Å². The lowest BCUT2D eigenvalue weighted by Crippen LogP contribution is -2.23. The van der Waals surface area contributed by atoms with Crippen LogP contribution in [0.25, 0.3) is 0 Å². The molecule has 0 aromatic heterocycles. The van der Waals surface area contributed by atoms with Crippen molar-refractivity contribution >= 4 is 0 Å². The van der Waals surface area contributed by atoms with Crippen LogP contribution in [0.4, 0.5) is 0 Å². The van der Waals surface area contributed by atoms with Crippen LogP contribution in [0.3, 0.4) is 0 Å². The van der Waals surface area contributed by atoms with Gasteiger partial charge in [0.1, 0.15) is 0 Å². The van der Waals surface area contributed by atoms with Crippen LogP contribution in [0.2, 0.25) is 0 Å². The molecule has 1 aromatic rings. The average molecular weight is 259 g/mol. The van der Waals surface area contributed by atoms with Crippen LogP contribution < -0.4 is 5.32 Å². The predicted octanol–water partition coefficient (Wildman–Crippen LogP) is 3.40. The van der Waals surface area contributed by atoms with Crippen LogP contribution in [0.1, 0.15) is 25.3 Å². The monoisotopic (exact) mass is 259 g/mol. The van der Waals surface area contributed by atoms with Gasteiger partial charge in [-0.15, -0.1) is 0 Å². The van der Waals surface area contributed by atoms with Gasteiger partial charge in [-0.1, -0.05) is 49.4 Å². The summed E-state index contributed by atoms with van der Waals surface area (Å²) in [5.41, 5.74) is 1.33. The van der Waals surface area contributed by atoms with Gasteiger partial charge in [0.2, 0.25) is 0 Å². The number of hydrogen-bond donors (Lipinski definition) is 1. The molecule has 0 saturated heterocycles. The highest BCUT2D eigenvalue weighted by Gasteiger charge is 2.17. The number of nitrogens with one attached hydrogen (secondary N) is 1. The van der Waals surface area contributed by atoms with Gasteiger partial charge in [-0.3, -0.25) is 0 Å². The lowest BCUT2D eigenvalue weighted by atomic mass is 9.85. The summed E-state index contributed by atoms with van der Waals surface area (Å²) in [6.07, 6.45) is 6.98. The van der Waals surface area contributed by atoms with Crippen molar-refractivity contribution in [2.75, 3.05) is 19.8 Å². The van der Waals surface area contributed by atoms with Crippen molar-refractivity contribution in [2.45, 2.75) is 26.3 Å². The van der Waals surface area contributed by atoms with Gasteiger partial charge in [-0.05, 0) is 30.2 Å². The smallest absolute Gasteiger partial charge is 0.0591 e. The first-order chi connectivity index (χ1) is 9.36. The summed E-state index contributed by atoms with van der Waals surface area (Å²) in [5.74, 6) is 1.47. The van der Waals surface area contributed by atoms with Crippen LogP contribution in [-0.4, -0.2) is 19.8 Å². The van der Waals surface area contributed by atoms with E-state index in [1.54, 1.807) is 0 Å². The molecule has 0 radical (unpaired) electrons. The fourth-order valence-corrected chi connectivity index (χ4v) is 2.45. The van der Waals surface area contributed by atoms with Crippen molar-refractivity contribution in [3.8, 4) is 0 Å². The van der Waals surface area contributed by atoms with Crippen LogP contribution in [0, 0.1) is 11.8 Å². The van der Waals surface area contributed by atoms with E-state index in [0.29, 0.717) is 5.92 Å². The van der Waals surface area contributed by atoms with E-state index in [1.807, 2.05) is 6.07 Å². The minimum Gasteiger partial charge on any atom is -0.380 e. The zero-order valence-corrected chi connectivity index (χ0v) is 11.8. The molecule has 2 rings (SSSR count). The zero-order valence-electron chi connectivity index (χ0n) is 11.8. The highest BCUT2D eigenvalue weighted by Crippen LogP contribution is 2.24.